The Hall–Kier alpha value is -4.26. The fraction of sp³-hybridized carbons (Fsp3) is 0.185. The predicted molar refractivity (Wildman–Crippen MR) is 131 cm³/mol. The summed E-state index contributed by atoms with van der Waals surface area (Å²) in [5.41, 5.74) is 3.72. The predicted octanol–water partition coefficient (Wildman–Crippen LogP) is 5.18. The molecule has 0 atom stereocenters. The highest BCUT2D eigenvalue weighted by Gasteiger charge is 2.17. The van der Waals surface area contributed by atoms with E-state index in [1.165, 1.54) is 14.0 Å². The van der Waals surface area contributed by atoms with Crippen molar-refractivity contribution >= 4 is 45.1 Å². The van der Waals surface area contributed by atoms with E-state index < -0.39 is 5.97 Å². The number of nitrogens with zero attached hydrogens (tertiary/aromatic N) is 2. The molecule has 4 aromatic rings. The highest BCUT2D eigenvalue weighted by atomic mass is 16.6. The third-order valence-electron chi connectivity index (χ3n) is 5.64. The molecule has 4 rings (SSSR count). The number of aryl methyl sites for hydroxylation is 1. The van der Waals surface area contributed by atoms with Gasteiger partial charge in [-0.25, -0.2) is 0 Å². The molecular weight excluding hydrogens is 432 g/mol. The Morgan fingerprint density at radius 2 is 1.38 bits per heavy atom. The van der Waals surface area contributed by atoms with Gasteiger partial charge in [0.1, 0.15) is 18.6 Å². The van der Waals surface area contributed by atoms with Crippen LogP contribution >= 0.6 is 0 Å². The van der Waals surface area contributed by atoms with Crippen molar-refractivity contribution in [3.8, 4) is 5.75 Å². The third kappa shape index (κ3) is 4.20. The molecule has 0 N–H and O–H groups in total. The summed E-state index contributed by atoms with van der Waals surface area (Å²) in [5, 5.41) is 5.51. The lowest BCUT2D eigenvalue weighted by Gasteiger charge is -2.05. The average Bonchev–Trinajstić information content (AvgIpc) is 3.15. The van der Waals surface area contributed by atoms with Gasteiger partial charge in [0, 0.05) is 52.0 Å². The standard InChI is InChI=1S/C27H24N2O5/c1-5-29-24-12-8-19(26(31)16(2)28-33-4)14-22(24)23-15-20(9-13-25(23)29)27(32)18-6-10-21(11-7-18)34-17(3)30/h6-15H,5H2,1-4H3/b28-16+. The number of carbonyl (C=O) groups excluding carboxylic acids is 3. The number of ketones is 2. The fourth-order valence-corrected chi connectivity index (χ4v) is 4.12. The molecule has 172 valence electrons. The number of hydrogen-bond donors (Lipinski definition) is 0. The van der Waals surface area contributed by atoms with Crippen molar-refractivity contribution in [2.75, 3.05) is 7.11 Å². The number of aromatic nitrogens is 1. The van der Waals surface area contributed by atoms with Crippen molar-refractivity contribution < 1.29 is 24.0 Å². The van der Waals surface area contributed by atoms with Crippen LogP contribution in [-0.4, -0.2) is 34.9 Å². The second-order valence-corrected chi connectivity index (χ2v) is 7.84. The molecule has 0 amide bonds. The molecule has 0 spiro atoms. The molecular formula is C27H24N2O5. The Morgan fingerprint density at radius 3 is 1.94 bits per heavy atom. The highest BCUT2D eigenvalue weighted by molar-refractivity contribution is 6.45. The van der Waals surface area contributed by atoms with Gasteiger partial charge in [0.25, 0.3) is 0 Å². The lowest BCUT2D eigenvalue weighted by molar-refractivity contribution is -0.131. The molecule has 0 saturated carbocycles. The maximum absolute atomic E-state index is 13.2. The van der Waals surface area contributed by atoms with Crippen molar-refractivity contribution in [1.82, 2.24) is 4.57 Å². The molecule has 0 aliphatic carbocycles. The average molecular weight is 456 g/mol. The third-order valence-corrected chi connectivity index (χ3v) is 5.64. The zero-order chi connectivity index (χ0) is 24.4. The van der Waals surface area contributed by atoms with E-state index >= 15 is 0 Å². The molecule has 0 unspecified atom stereocenters. The molecule has 0 aliphatic heterocycles. The number of benzene rings is 3. The van der Waals surface area contributed by atoms with E-state index in [1.807, 2.05) is 24.3 Å². The molecule has 7 nitrogen and oxygen atoms in total. The van der Waals surface area contributed by atoms with Crippen molar-refractivity contribution in [3.05, 3.63) is 77.4 Å². The van der Waals surface area contributed by atoms with Gasteiger partial charge >= 0.3 is 5.97 Å². The molecule has 34 heavy (non-hydrogen) atoms. The second-order valence-electron chi connectivity index (χ2n) is 7.84. The van der Waals surface area contributed by atoms with E-state index in [0.29, 0.717) is 22.4 Å². The van der Waals surface area contributed by atoms with Crippen LogP contribution in [-0.2, 0) is 16.2 Å². The summed E-state index contributed by atoms with van der Waals surface area (Å²) in [6.45, 7) is 5.72. The summed E-state index contributed by atoms with van der Waals surface area (Å²) >= 11 is 0. The smallest absolute Gasteiger partial charge is 0.308 e. The van der Waals surface area contributed by atoms with E-state index in [-0.39, 0.29) is 17.3 Å². The SMILES string of the molecule is CCn1c2ccc(C(=O)/C(C)=N/OC)cc2c2cc(C(=O)c3ccc(OC(C)=O)cc3)ccc21. The Balaban J connectivity index is 1.80. The van der Waals surface area contributed by atoms with Crippen LogP contribution in [0.2, 0.25) is 0 Å². The minimum atomic E-state index is -0.418. The maximum atomic E-state index is 13.2. The summed E-state index contributed by atoms with van der Waals surface area (Å²) in [5.74, 6) is -0.404. The lowest BCUT2D eigenvalue weighted by Crippen LogP contribution is -2.10. The molecule has 1 heterocycles. The monoisotopic (exact) mass is 456 g/mol. The molecule has 0 saturated heterocycles. The van der Waals surface area contributed by atoms with Gasteiger partial charge in [-0.05, 0) is 74.5 Å². The van der Waals surface area contributed by atoms with Crippen LogP contribution in [0, 0.1) is 0 Å². The number of hydrogen-bond acceptors (Lipinski definition) is 6. The van der Waals surface area contributed by atoms with Crippen LogP contribution in [0.15, 0.2) is 65.8 Å². The zero-order valence-electron chi connectivity index (χ0n) is 19.4. The zero-order valence-corrected chi connectivity index (χ0v) is 19.4. The molecule has 0 radical (unpaired) electrons. The fourth-order valence-electron chi connectivity index (χ4n) is 4.12. The lowest BCUT2D eigenvalue weighted by atomic mass is 10.00. The minimum Gasteiger partial charge on any atom is -0.427 e. The van der Waals surface area contributed by atoms with Gasteiger partial charge in [0.05, 0.1) is 0 Å². The number of rotatable bonds is 7. The van der Waals surface area contributed by atoms with Crippen molar-refractivity contribution in [2.45, 2.75) is 27.3 Å². The van der Waals surface area contributed by atoms with Crippen LogP contribution < -0.4 is 4.74 Å². The van der Waals surface area contributed by atoms with Crippen molar-refractivity contribution in [3.63, 3.8) is 0 Å². The molecule has 7 heteroatoms. The van der Waals surface area contributed by atoms with Gasteiger partial charge in [-0.1, -0.05) is 5.16 Å². The Bertz CT molecular complexity index is 1460. The normalized spacial score (nSPS) is 11.6. The number of fused-ring (bicyclic) bond motifs is 3. The highest BCUT2D eigenvalue weighted by Crippen LogP contribution is 2.31. The topological polar surface area (TPSA) is 87.0 Å². The second kappa shape index (κ2) is 9.31. The number of esters is 1. The van der Waals surface area contributed by atoms with Crippen molar-refractivity contribution in [2.24, 2.45) is 5.16 Å². The van der Waals surface area contributed by atoms with Crippen LogP contribution in [0.5, 0.6) is 5.75 Å². The van der Waals surface area contributed by atoms with Crippen LogP contribution in [0.1, 0.15) is 47.1 Å². The summed E-state index contributed by atoms with van der Waals surface area (Å²) in [4.78, 5) is 41.8. The van der Waals surface area contributed by atoms with Gasteiger partial charge in [-0.15, -0.1) is 0 Å². The first kappa shape index (κ1) is 22.9. The molecule has 0 fully saturated rings. The van der Waals surface area contributed by atoms with E-state index in [0.717, 1.165) is 28.4 Å². The van der Waals surface area contributed by atoms with Gasteiger partial charge in [-0.3, -0.25) is 14.4 Å². The molecule has 1 aromatic heterocycles. The van der Waals surface area contributed by atoms with Gasteiger partial charge < -0.3 is 14.1 Å². The van der Waals surface area contributed by atoms with E-state index in [9.17, 15) is 14.4 Å². The Labute approximate surface area is 196 Å². The van der Waals surface area contributed by atoms with Crippen LogP contribution in [0.4, 0.5) is 0 Å². The largest absolute Gasteiger partial charge is 0.427 e. The van der Waals surface area contributed by atoms with E-state index in [1.54, 1.807) is 43.3 Å². The first-order chi connectivity index (χ1) is 16.3. The minimum absolute atomic E-state index is 0.149. The van der Waals surface area contributed by atoms with Crippen LogP contribution in [0.25, 0.3) is 21.8 Å². The molecule has 0 aliphatic rings. The number of carbonyl (C=O) groups is 3. The van der Waals surface area contributed by atoms with E-state index in [4.69, 9.17) is 9.57 Å². The molecule has 3 aromatic carbocycles. The Kier molecular flexibility index (Phi) is 6.27. The summed E-state index contributed by atoms with van der Waals surface area (Å²) < 4.78 is 7.19. The summed E-state index contributed by atoms with van der Waals surface area (Å²) in [6, 6.07) is 17.6. The molecule has 0 bridgehead atoms. The quantitative estimate of drug-likeness (QED) is 0.126. The summed E-state index contributed by atoms with van der Waals surface area (Å²) in [7, 11) is 1.40. The first-order valence-corrected chi connectivity index (χ1v) is 10.9. The number of oxime groups is 1. The maximum Gasteiger partial charge on any atom is 0.308 e. The van der Waals surface area contributed by atoms with Crippen molar-refractivity contribution in [1.29, 1.82) is 0 Å². The first-order valence-electron chi connectivity index (χ1n) is 10.9. The Morgan fingerprint density at radius 1 is 0.824 bits per heavy atom. The van der Waals surface area contributed by atoms with Gasteiger partial charge in [0.15, 0.2) is 5.78 Å². The number of ether oxygens (including phenoxy) is 1. The van der Waals surface area contributed by atoms with Gasteiger partial charge in [-0.2, -0.15) is 0 Å². The van der Waals surface area contributed by atoms with Crippen LogP contribution in [0.3, 0.4) is 0 Å². The number of Topliss-reactive ketones (excluding diaryl/α,β-unsaturated/α-hetero) is 1. The van der Waals surface area contributed by atoms with Gasteiger partial charge in [0.2, 0.25) is 5.78 Å². The summed E-state index contributed by atoms with van der Waals surface area (Å²) in [6.07, 6.45) is 0. The van der Waals surface area contributed by atoms with E-state index in [2.05, 4.69) is 16.6 Å².